The van der Waals surface area contributed by atoms with Gasteiger partial charge in [-0.05, 0) is 70.2 Å². The summed E-state index contributed by atoms with van der Waals surface area (Å²) < 4.78 is 22.6. The lowest BCUT2D eigenvalue weighted by molar-refractivity contribution is 0.0379. The number of aromatic nitrogens is 4. The summed E-state index contributed by atoms with van der Waals surface area (Å²) in [5, 5.41) is 11.3. The molecule has 10 heteroatoms. The number of halogens is 1. The molecule has 0 bridgehead atoms. The maximum Gasteiger partial charge on any atom is 0.227 e. The molecule has 2 saturated heterocycles. The Morgan fingerprint density at radius 3 is 2.55 bits per heavy atom. The highest BCUT2D eigenvalue weighted by Crippen LogP contribution is 2.30. The van der Waals surface area contributed by atoms with Gasteiger partial charge in [-0.3, -0.25) is 9.58 Å². The van der Waals surface area contributed by atoms with E-state index < -0.39 is 0 Å². The lowest BCUT2D eigenvalue weighted by atomic mass is 9.90. The van der Waals surface area contributed by atoms with Crippen molar-refractivity contribution in [1.29, 1.82) is 0 Å². The zero-order chi connectivity index (χ0) is 28.1. The Kier molecular flexibility index (Phi) is 9.29. The van der Waals surface area contributed by atoms with Crippen LogP contribution in [0.25, 0.3) is 11.3 Å². The Morgan fingerprint density at radius 1 is 1.07 bits per heavy atom. The Labute approximate surface area is 237 Å². The monoisotopic (exact) mass is 550 g/mol. The van der Waals surface area contributed by atoms with Gasteiger partial charge in [0.25, 0.3) is 0 Å². The molecule has 40 heavy (non-hydrogen) atoms. The van der Waals surface area contributed by atoms with Crippen LogP contribution in [0.5, 0.6) is 0 Å². The number of nitrogens with zero attached hydrogens (tertiary/aromatic N) is 6. The SMILES string of the molecule is Cc1cnc(Nc2ccc(N3CCC(C(C)NCCN4CCOCC4)CC3)c(F)c2)nc1-c1cnn(C(C)C)c1. The molecule has 0 radical (unpaired) electrons. The molecule has 0 amide bonds. The molecule has 0 spiro atoms. The summed E-state index contributed by atoms with van der Waals surface area (Å²) in [6.45, 7) is 16.0. The molecule has 4 heterocycles. The molecule has 2 aliphatic heterocycles. The number of anilines is 3. The molecular weight excluding hydrogens is 507 g/mol. The van der Waals surface area contributed by atoms with Crippen LogP contribution in [0.3, 0.4) is 0 Å². The summed E-state index contributed by atoms with van der Waals surface area (Å²) in [7, 11) is 0. The van der Waals surface area contributed by atoms with Gasteiger partial charge >= 0.3 is 0 Å². The van der Waals surface area contributed by atoms with Crippen molar-refractivity contribution in [2.75, 3.05) is 62.7 Å². The molecule has 2 aliphatic rings. The summed E-state index contributed by atoms with van der Waals surface area (Å²) in [4.78, 5) is 13.7. The minimum atomic E-state index is -0.231. The molecule has 1 aromatic carbocycles. The predicted octanol–water partition coefficient (Wildman–Crippen LogP) is 4.64. The smallest absolute Gasteiger partial charge is 0.227 e. The van der Waals surface area contributed by atoms with Crippen molar-refractivity contribution in [1.82, 2.24) is 30.0 Å². The predicted molar refractivity (Wildman–Crippen MR) is 158 cm³/mol. The number of rotatable bonds is 10. The number of hydrogen-bond donors (Lipinski definition) is 2. The minimum Gasteiger partial charge on any atom is -0.379 e. The van der Waals surface area contributed by atoms with Gasteiger partial charge < -0.3 is 20.3 Å². The van der Waals surface area contributed by atoms with Gasteiger partial charge in [-0.25, -0.2) is 14.4 Å². The van der Waals surface area contributed by atoms with E-state index in [1.807, 2.05) is 36.1 Å². The summed E-state index contributed by atoms with van der Waals surface area (Å²) in [5.74, 6) is 0.803. The van der Waals surface area contributed by atoms with Crippen LogP contribution in [0.4, 0.5) is 21.7 Å². The van der Waals surface area contributed by atoms with Gasteiger partial charge in [-0.1, -0.05) is 0 Å². The maximum absolute atomic E-state index is 15.3. The van der Waals surface area contributed by atoms with E-state index in [0.29, 0.717) is 29.3 Å². The van der Waals surface area contributed by atoms with Gasteiger partial charge in [0, 0.05) is 75.0 Å². The van der Waals surface area contributed by atoms with Gasteiger partial charge in [0.2, 0.25) is 5.95 Å². The fourth-order valence-corrected chi connectivity index (χ4v) is 5.59. The molecule has 9 nitrogen and oxygen atoms in total. The first-order valence-electron chi connectivity index (χ1n) is 14.6. The van der Waals surface area contributed by atoms with Crippen LogP contribution in [0.1, 0.15) is 45.2 Å². The minimum absolute atomic E-state index is 0.231. The average Bonchev–Trinajstić information content (AvgIpc) is 3.46. The standard InChI is InChI=1S/C30H43FN8O/c1-21(2)39-20-25(19-34-39)29-22(3)18-33-30(36-29)35-26-5-6-28(27(31)17-26)38-10-7-24(8-11-38)23(4)32-9-12-37-13-15-40-16-14-37/h5-6,17-21,23-24,32H,7-16H2,1-4H3,(H,33,35,36). The fourth-order valence-electron chi connectivity index (χ4n) is 5.59. The van der Waals surface area contributed by atoms with E-state index >= 15 is 4.39 Å². The zero-order valence-corrected chi connectivity index (χ0v) is 24.2. The fraction of sp³-hybridized carbons (Fsp3) is 0.567. The van der Waals surface area contributed by atoms with Gasteiger partial charge in [-0.15, -0.1) is 0 Å². The van der Waals surface area contributed by atoms with Crippen LogP contribution in [-0.2, 0) is 4.74 Å². The first kappa shape index (κ1) is 28.4. The first-order valence-corrected chi connectivity index (χ1v) is 14.6. The van der Waals surface area contributed by atoms with Gasteiger partial charge in [0.15, 0.2) is 0 Å². The third-order valence-electron chi connectivity index (χ3n) is 8.17. The van der Waals surface area contributed by atoms with Gasteiger partial charge in [-0.2, -0.15) is 5.10 Å². The number of ether oxygens (including phenoxy) is 1. The number of aryl methyl sites for hydroxylation is 1. The lowest BCUT2D eigenvalue weighted by Crippen LogP contribution is -2.45. The normalized spacial score (nSPS) is 17.9. The second-order valence-electron chi connectivity index (χ2n) is 11.3. The molecule has 216 valence electrons. The van der Waals surface area contributed by atoms with Gasteiger partial charge in [0.05, 0.1) is 30.8 Å². The highest BCUT2D eigenvalue weighted by Gasteiger charge is 2.25. The average molecular weight is 551 g/mol. The Balaban J connectivity index is 1.14. The van der Waals surface area contributed by atoms with Gasteiger partial charge in [0.1, 0.15) is 5.82 Å². The molecule has 0 aliphatic carbocycles. The molecule has 1 unspecified atom stereocenters. The zero-order valence-electron chi connectivity index (χ0n) is 24.2. The van der Waals surface area contributed by atoms with E-state index in [2.05, 4.69) is 51.3 Å². The topological polar surface area (TPSA) is 83.4 Å². The number of hydrogen-bond acceptors (Lipinski definition) is 8. The number of benzene rings is 1. The highest BCUT2D eigenvalue weighted by atomic mass is 19.1. The summed E-state index contributed by atoms with van der Waals surface area (Å²) in [6.07, 6.45) is 7.70. The molecule has 0 saturated carbocycles. The molecule has 2 N–H and O–H groups in total. The van der Waals surface area contributed by atoms with Crippen LogP contribution >= 0.6 is 0 Å². The van der Waals surface area contributed by atoms with Crippen molar-refractivity contribution in [3.63, 3.8) is 0 Å². The van der Waals surface area contributed by atoms with E-state index in [9.17, 15) is 0 Å². The molecule has 2 fully saturated rings. The number of piperidine rings is 1. The second-order valence-corrected chi connectivity index (χ2v) is 11.3. The van der Waals surface area contributed by atoms with E-state index in [1.54, 1.807) is 6.20 Å². The largest absolute Gasteiger partial charge is 0.379 e. The number of morpholine rings is 1. The van der Waals surface area contributed by atoms with Crippen LogP contribution in [0, 0.1) is 18.7 Å². The Bertz CT molecular complexity index is 1250. The van der Waals surface area contributed by atoms with E-state index in [1.165, 1.54) is 6.07 Å². The van der Waals surface area contributed by atoms with E-state index in [-0.39, 0.29) is 11.9 Å². The van der Waals surface area contributed by atoms with Crippen LogP contribution in [0.15, 0.2) is 36.8 Å². The quantitative estimate of drug-likeness (QED) is 0.378. The number of nitrogens with one attached hydrogen (secondary N) is 2. The molecule has 2 aromatic heterocycles. The first-order chi connectivity index (χ1) is 19.4. The van der Waals surface area contributed by atoms with Crippen molar-refractivity contribution in [3.05, 3.63) is 48.2 Å². The van der Waals surface area contributed by atoms with E-state index in [0.717, 1.165) is 82.1 Å². The van der Waals surface area contributed by atoms with E-state index in [4.69, 9.17) is 9.72 Å². The van der Waals surface area contributed by atoms with Crippen LogP contribution in [0.2, 0.25) is 0 Å². The van der Waals surface area contributed by atoms with Crippen molar-refractivity contribution < 1.29 is 9.13 Å². The Hall–Kier alpha value is -3.08. The Morgan fingerprint density at radius 2 is 1.85 bits per heavy atom. The van der Waals surface area contributed by atoms with Crippen molar-refractivity contribution in [2.24, 2.45) is 5.92 Å². The summed E-state index contributed by atoms with van der Waals surface area (Å²) >= 11 is 0. The maximum atomic E-state index is 15.3. The molecule has 1 atom stereocenters. The highest BCUT2D eigenvalue weighted by molar-refractivity contribution is 5.65. The summed E-state index contributed by atoms with van der Waals surface area (Å²) in [6, 6.07) is 6.03. The molecule has 5 rings (SSSR count). The van der Waals surface area contributed by atoms with Crippen molar-refractivity contribution in [2.45, 2.75) is 52.6 Å². The molecular formula is C30H43FN8O. The second kappa shape index (κ2) is 13.1. The van der Waals surface area contributed by atoms with Crippen LogP contribution in [-0.4, -0.2) is 83.2 Å². The third-order valence-corrected chi connectivity index (χ3v) is 8.17. The molecule has 3 aromatic rings. The lowest BCUT2D eigenvalue weighted by Gasteiger charge is -2.37. The van der Waals surface area contributed by atoms with Crippen molar-refractivity contribution >= 4 is 17.3 Å². The third kappa shape index (κ3) is 6.97. The van der Waals surface area contributed by atoms with Crippen LogP contribution < -0.4 is 15.5 Å². The van der Waals surface area contributed by atoms with Crippen molar-refractivity contribution in [3.8, 4) is 11.3 Å². The summed E-state index contributed by atoms with van der Waals surface area (Å²) in [5.41, 5.74) is 3.99.